The monoisotopic (exact) mass is 378 g/mol. The third-order valence-electron chi connectivity index (χ3n) is 1.68. The van der Waals surface area contributed by atoms with Gasteiger partial charge >= 0.3 is 15.8 Å². The Balaban J connectivity index is 0.00000289. The molecule has 0 aromatic heterocycles. The summed E-state index contributed by atoms with van der Waals surface area (Å²) in [6.07, 6.45) is 0. The molecule has 8 nitrogen and oxygen atoms in total. The molecule has 0 aliphatic heterocycles. The Hall–Kier alpha value is -0.770. The van der Waals surface area contributed by atoms with Gasteiger partial charge < -0.3 is 17.0 Å². The molecule has 0 bridgehead atoms. The second-order valence-corrected chi connectivity index (χ2v) is 5.99. The summed E-state index contributed by atoms with van der Waals surface area (Å²) < 4.78 is 60.8. The van der Waals surface area contributed by atoms with E-state index in [-0.39, 0.29) is 17.0 Å². The summed E-state index contributed by atoms with van der Waals surface area (Å²) in [7, 11) is -9.45. The molecule has 2 N–H and O–H groups in total. The number of nitrogens with zero attached hydrogens (tertiary/aromatic N) is 2. The molecule has 0 saturated heterocycles. The van der Waals surface area contributed by atoms with E-state index < -0.39 is 40.7 Å². The molecule has 12 heteroatoms. The largest absolute Gasteiger partial charge is 1.00 e. The third kappa shape index (κ3) is 3.61. The van der Waals surface area contributed by atoms with Crippen LogP contribution in [0, 0.1) is 5.39 Å². The highest BCUT2D eigenvalue weighted by molar-refractivity contribution is 7.86. The van der Waals surface area contributed by atoms with Crippen molar-refractivity contribution in [2.45, 2.75) is 9.79 Å². The minimum atomic E-state index is -4.74. The maximum absolute atomic E-state index is 10.8. The van der Waals surface area contributed by atoms with Crippen LogP contribution in [-0.4, -0.2) is 25.9 Å². The molecule has 0 radical (unpaired) electrons. The van der Waals surface area contributed by atoms with Crippen LogP contribution >= 0.6 is 11.6 Å². The molecule has 0 spiro atoms. The van der Waals surface area contributed by atoms with Gasteiger partial charge in [0, 0.05) is 0 Å². The Kier molecular flexibility index (Phi) is 5.24. The lowest BCUT2D eigenvalue weighted by molar-refractivity contribution is -0.0000119. The van der Waals surface area contributed by atoms with Gasteiger partial charge in [-0.25, -0.2) is 0 Å². The van der Waals surface area contributed by atoms with E-state index >= 15 is 0 Å². The number of halogens is 2. The number of rotatable bonds is 2. The summed E-state index contributed by atoms with van der Waals surface area (Å²) in [6.45, 7) is 0. The van der Waals surface area contributed by atoms with Crippen molar-refractivity contribution in [3.8, 4) is 0 Å². The van der Waals surface area contributed by atoms with E-state index in [1.807, 2.05) is 0 Å². The van der Waals surface area contributed by atoms with Crippen LogP contribution in [-0.2, 0) is 20.2 Å². The molecule has 18 heavy (non-hydrogen) atoms. The molecular weight excluding hydrogens is 376 g/mol. The molecule has 1 rings (SSSR count). The van der Waals surface area contributed by atoms with Crippen LogP contribution in [0.1, 0.15) is 0 Å². The van der Waals surface area contributed by atoms with Crippen LogP contribution in [0.2, 0.25) is 5.02 Å². The lowest BCUT2D eigenvalue weighted by atomic mass is 10.3. The van der Waals surface area contributed by atoms with Crippen LogP contribution < -0.4 is 17.0 Å². The van der Waals surface area contributed by atoms with Crippen LogP contribution in [0.4, 0.5) is 5.69 Å². The fraction of sp³-hybridized carbons (Fsp3) is 0. The predicted octanol–water partition coefficient (Wildman–Crippen LogP) is -1.68. The molecule has 1 aromatic rings. The zero-order valence-corrected chi connectivity index (χ0v) is 12.1. The lowest BCUT2D eigenvalue weighted by Gasteiger charge is -2.00. The molecule has 0 saturated carbocycles. The molecule has 0 aliphatic rings. The molecular formula is C6H4BrClN2O6S2. The van der Waals surface area contributed by atoms with Crippen molar-refractivity contribution in [3.63, 3.8) is 0 Å². The van der Waals surface area contributed by atoms with Gasteiger partial charge in [0.15, 0.2) is 9.87 Å². The normalized spacial score (nSPS) is 11.4. The summed E-state index contributed by atoms with van der Waals surface area (Å²) >= 11 is 5.41. The van der Waals surface area contributed by atoms with E-state index in [2.05, 4.69) is 4.98 Å². The Morgan fingerprint density at radius 3 is 1.83 bits per heavy atom. The molecule has 0 amide bonds. The van der Waals surface area contributed by atoms with E-state index in [1.54, 1.807) is 0 Å². The Morgan fingerprint density at radius 2 is 1.50 bits per heavy atom. The number of hydrogen-bond acceptors (Lipinski definition) is 5. The van der Waals surface area contributed by atoms with Gasteiger partial charge in [0.05, 0.1) is 11.1 Å². The average Bonchev–Trinajstić information content (AvgIpc) is 2.14. The Morgan fingerprint density at radius 1 is 1.06 bits per heavy atom. The molecule has 1 aromatic carbocycles. The highest BCUT2D eigenvalue weighted by atomic mass is 79.9. The van der Waals surface area contributed by atoms with Gasteiger partial charge in [-0.15, -0.1) is 0 Å². The quantitative estimate of drug-likeness (QED) is 0.462. The van der Waals surface area contributed by atoms with Crippen LogP contribution in [0.25, 0.3) is 4.98 Å². The molecule has 0 fully saturated rings. The number of benzene rings is 1. The summed E-state index contributed by atoms with van der Waals surface area (Å²) in [6, 6.07) is 1.04. The van der Waals surface area contributed by atoms with Crippen molar-refractivity contribution in [1.82, 2.24) is 0 Å². The first kappa shape index (κ1) is 17.2. The van der Waals surface area contributed by atoms with Gasteiger partial charge in [0.1, 0.15) is 4.90 Å². The van der Waals surface area contributed by atoms with E-state index in [9.17, 15) is 16.8 Å². The average molecular weight is 380 g/mol. The van der Waals surface area contributed by atoms with Crippen molar-refractivity contribution < 1.29 is 42.9 Å². The van der Waals surface area contributed by atoms with E-state index in [4.69, 9.17) is 26.1 Å². The fourth-order valence-corrected chi connectivity index (χ4v) is 2.72. The van der Waals surface area contributed by atoms with Crippen molar-refractivity contribution >= 4 is 37.5 Å². The molecule has 100 valence electrons. The smallest absolute Gasteiger partial charge is 0.407 e. The predicted molar refractivity (Wildman–Crippen MR) is 55.8 cm³/mol. The van der Waals surface area contributed by atoms with E-state index in [1.165, 1.54) is 0 Å². The first-order valence-corrected chi connectivity index (χ1v) is 6.97. The van der Waals surface area contributed by atoms with Gasteiger partial charge in [-0.05, 0) is 6.07 Å². The van der Waals surface area contributed by atoms with Gasteiger partial charge in [-0.2, -0.15) is 16.8 Å². The van der Waals surface area contributed by atoms with Crippen molar-refractivity contribution in [2.24, 2.45) is 0 Å². The highest BCUT2D eigenvalue weighted by Gasteiger charge is 2.30. The first-order valence-electron chi connectivity index (χ1n) is 3.71. The maximum atomic E-state index is 10.8. The molecule has 0 heterocycles. The van der Waals surface area contributed by atoms with Crippen molar-refractivity contribution in [2.75, 3.05) is 0 Å². The highest BCUT2D eigenvalue weighted by Crippen LogP contribution is 2.33. The van der Waals surface area contributed by atoms with Crippen LogP contribution in [0.3, 0.4) is 0 Å². The van der Waals surface area contributed by atoms with Gasteiger partial charge in [0.2, 0.25) is 5.39 Å². The zero-order valence-electron chi connectivity index (χ0n) is 8.15. The molecule has 0 atom stereocenters. The topological polar surface area (TPSA) is 137 Å². The summed E-state index contributed by atoms with van der Waals surface area (Å²) in [5, 5.41) is 7.85. The van der Waals surface area contributed by atoms with Crippen molar-refractivity contribution in [3.05, 3.63) is 22.1 Å². The zero-order chi connectivity index (χ0) is 13.4. The maximum Gasteiger partial charge on any atom is 0.407 e. The fourth-order valence-electron chi connectivity index (χ4n) is 1.01. The van der Waals surface area contributed by atoms with E-state index in [0.29, 0.717) is 12.1 Å². The Bertz CT molecular complexity index is 723. The third-order valence-corrected chi connectivity index (χ3v) is 3.88. The number of diazo groups is 1. The van der Waals surface area contributed by atoms with Crippen molar-refractivity contribution in [1.29, 1.82) is 5.39 Å². The molecule has 0 aliphatic carbocycles. The summed E-state index contributed by atoms with van der Waals surface area (Å²) in [4.78, 5) is 0.740. The second kappa shape index (κ2) is 5.47. The van der Waals surface area contributed by atoms with Gasteiger partial charge in [-0.1, -0.05) is 11.6 Å². The Labute approximate surface area is 117 Å². The SMILES string of the molecule is N#[N+]c1cc(S(=O)(=O)O)c(Cl)cc1S(=O)(=O)O.[Br-]. The summed E-state index contributed by atoms with van der Waals surface area (Å²) in [5.41, 5.74) is -0.774. The van der Waals surface area contributed by atoms with Gasteiger partial charge in [-0.3, -0.25) is 9.11 Å². The lowest BCUT2D eigenvalue weighted by Crippen LogP contribution is -3.00. The minimum Gasteiger partial charge on any atom is -1.00 e. The van der Waals surface area contributed by atoms with Gasteiger partial charge in [0.25, 0.3) is 10.1 Å². The van der Waals surface area contributed by atoms with Crippen LogP contribution in [0.5, 0.6) is 0 Å². The second-order valence-electron chi connectivity index (χ2n) is 2.80. The molecule has 0 unspecified atom stereocenters. The first-order chi connectivity index (χ1) is 7.57. The minimum absolute atomic E-state index is 0. The van der Waals surface area contributed by atoms with Crippen LogP contribution in [0.15, 0.2) is 21.9 Å². The number of hydrogen-bond donors (Lipinski definition) is 2. The summed E-state index contributed by atoms with van der Waals surface area (Å²) in [5.74, 6) is 0. The van der Waals surface area contributed by atoms with E-state index in [0.717, 1.165) is 0 Å². The standard InChI is InChI=1S/C6H3ClN2O6S2.BrH/c7-3-1-6(17(13,14)15)4(9-8)2-5(3)16(10,11)12;/h1-2H,(H-,10,11,12,13,14,15);1H.